The summed E-state index contributed by atoms with van der Waals surface area (Å²) in [5, 5.41) is 24.8. The van der Waals surface area contributed by atoms with E-state index in [4.69, 9.17) is 4.74 Å². The Labute approximate surface area is 156 Å². The Hall–Kier alpha value is -1.81. The van der Waals surface area contributed by atoms with Crippen LogP contribution in [0.15, 0.2) is 18.2 Å². The number of halogens is 2. The van der Waals surface area contributed by atoms with Crippen LogP contribution in [0.5, 0.6) is 0 Å². The van der Waals surface area contributed by atoms with Crippen molar-refractivity contribution < 1.29 is 28.5 Å². The van der Waals surface area contributed by atoms with Gasteiger partial charge >= 0.3 is 6.03 Å². The molecule has 0 unspecified atom stereocenters. The molecule has 2 heterocycles. The van der Waals surface area contributed by atoms with E-state index in [0.29, 0.717) is 6.07 Å². The van der Waals surface area contributed by atoms with Crippen molar-refractivity contribution in [1.29, 1.82) is 0 Å². The van der Waals surface area contributed by atoms with Crippen LogP contribution in [0, 0.1) is 11.6 Å². The largest absolute Gasteiger partial charge is 0.394 e. The molecule has 9 heteroatoms. The Morgan fingerprint density at radius 1 is 1.22 bits per heavy atom. The predicted molar refractivity (Wildman–Crippen MR) is 94.3 cm³/mol. The molecule has 4 N–H and O–H groups in total. The smallest absolute Gasteiger partial charge is 0.319 e. The highest BCUT2D eigenvalue weighted by molar-refractivity contribution is 5.89. The van der Waals surface area contributed by atoms with Crippen LogP contribution in [0.25, 0.3) is 0 Å². The summed E-state index contributed by atoms with van der Waals surface area (Å²) in [4.78, 5) is 14.2. The number of aliphatic hydroxyl groups excluding tert-OH is 2. The molecule has 2 fully saturated rings. The third-order valence-electron chi connectivity index (χ3n) is 5.10. The molecule has 2 saturated heterocycles. The molecule has 2 aliphatic heterocycles. The number of anilines is 1. The Morgan fingerprint density at radius 2 is 1.96 bits per heavy atom. The number of rotatable bonds is 5. The third-order valence-corrected chi connectivity index (χ3v) is 5.10. The van der Waals surface area contributed by atoms with E-state index in [1.807, 2.05) is 0 Å². The summed E-state index contributed by atoms with van der Waals surface area (Å²) in [7, 11) is 0. The highest BCUT2D eigenvalue weighted by Gasteiger charge is 2.46. The first-order chi connectivity index (χ1) is 13.0. The van der Waals surface area contributed by atoms with E-state index < -0.39 is 36.0 Å². The molecular formula is C18H25F2N3O4. The third kappa shape index (κ3) is 4.73. The van der Waals surface area contributed by atoms with E-state index in [0.717, 1.165) is 44.5 Å². The van der Waals surface area contributed by atoms with Gasteiger partial charge in [-0.15, -0.1) is 0 Å². The second-order valence-corrected chi connectivity index (χ2v) is 6.93. The number of nitrogens with zero attached hydrogens (tertiary/aromatic N) is 1. The molecule has 0 aliphatic carbocycles. The minimum Gasteiger partial charge on any atom is -0.394 e. The first-order valence-electron chi connectivity index (χ1n) is 9.18. The lowest BCUT2D eigenvalue weighted by atomic mass is 9.99. The van der Waals surface area contributed by atoms with Gasteiger partial charge in [0, 0.05) is 12.6 Å². The summed E-state index contributed by atoms with van der Waals surface area (Å²) in [5.41, 5.74) is -0.137. The Morgan fingerprint density at radius 3 is 2.63 bits per heavy atom. The van der Waals surface area contributed by atoms with Crippen LogP contribution < -0.4 is 10.6 Å². The maximum absolute atomic E-state index is 13.6. The van der Waals surface area contributed by atoms with Crippen molar-refractivity contribution in [3.63, 3.8) is 0 Å². The molecule has 1 aromatic carbocycles. The number of nitrogens with one attached hydrogen (secondary N) is 2. The predicted octanol–water partition coefficient (Wildman–Crippen LogP) is 1.06. The average Bonchev–Trinajstić information content (AvgIpc) is 2.98. The minimum atomic E-state index is -0.871. The van der Waals surface area contributed by atoms with Crippen LogP contribution in [-0.4, -0.2) is 71.7 Å². The van der Waals surface area contributed by atoms with Gasteiger partial charge in [0.25, 0.3) is 0 Å². The SMILES string of the molecule is O=C(NC[C@H]1O[C@@H](CO)[C@@H](O)[C@H]1N1CCCCC1)Nc1ccc(F)cc1F. The van der Waals surface area contributed by atoms with Gasteiger partial charge in [0.2, 0.25) is 0 Å². The number of ether oxygens (including phenoxy) is 1. The van der Waals surface area contributed by atoms with Crippen molar-refractivity contribution >= 4 is 11.7 Å². The molecule has 2 amide bonds. The molecule has 3 rings (SSSR count). The number of hydrogen-bond donors (Lipinski definition) is 4. The van der Waals surface area contributed by atoms with E-state index in [9.17, 15) is 23.8 Å². The molecule has 0 bridgehead atoms. The fraction of sp³-hybridized carbons (Fsp3) is 0.611. The monoisotopic (exact) mass is 385 g/mol. The molecule has 2 aliphatic rings. The zero-order chi connectivity index (χ0) is 19.4. The van der Waals surface area contributed by atoms with Crippen molar-refractivity contribution in [3.05, 3.63) is 29.8 Å². The van der Waals surface area contributed by atoms with Crippen LogP contribution in [-0.2, 0) is 4.74 Å². The Balaban J connectivity index is 1.59. The quantitative estimate of drug-likeness (QED) is 0.608. The van der Waals surface area contributed by atoms with Gasteiger partial charge in [-0.2, -0.15) is 0 Å². The molecule has 1 aromatic rings. The molecule has 0 aromatic heterocycles. The van der Waals surface area contributed by atoms with Crippen molar-refractivity contribution in [2.45, 2.75) is 43.6 Å². The van der Waals surface area contributed by atoms with E-state index in [2.05, 4.69) is 15.5 Å². The Kier molecular flexibility index (Phi) is 6.59. The first kappa shape index (κ1) is 19.9. The normalized spacial score (nSPS) is 28.9. The topological polar surface area (TPSA) is 94.1 Å². The maximum Gasteiger partial charge on any atom is 0.319 e. The van der Waals surface area contributed by atoms with E-state index in [1.165, 1.54) is 0 Å². The standard InChI is InChI=1S/C18H25F2N3O4/c19-11-4-5-13(12(20)8-11)22-18(26)21-9-14-16(17(25)15(10-24)27-14)23-6-2-1-3-7-23/h4-5,8,14-17,24-25H,1-3,6-7,9-10H2,(H2,21,22,26)/t14-,15+,16+,17-/m1/s1. The van der Waals surface area contributed by atoms with Gasteiger partial charge in [0.1, 0.15) is 23.8 Å². The highest BCUT2D eigenvalue weighted by atomic mass is 19.1. The van der Waals surface area contributed by atoms with E-state index in [1.54, 1.807) is 0 Å². The zero-order valence-corrected chi connectivity index (χ0v) is 14.9. The van der Waals surface area contributed by atoms with E-state index >= 15 is 0 Å². The second-order valence-electron chi connectivity index (χ2n) is 6.93. The summed E-state index contributed by atoms with van der Waals surface area (Å²) >= 11 is 0. The molecule has 0 spiro atoms. The van der Waals surface area contributed by atoms with Crippen molar-refractivity contribution in [2.75, 3.05) is 31.6 Å². The van der Waals surface area contributed by atoms with Gasteiger partial charge in [0.05, 0.1) is 24.4 Å². The van der Waals surface area contributed by atoms with E-state index in [-0.39, 0.29) is 24.9 Å². The molecule has 4 atom stereocenters. The van der Waals surface area contributed by atoms with Crippen LogP contribution in [0.3, 0.4) is 0 Å². The number of likely N-dealkylation sites (tertiary alicyclic amines) is 1. The Bertz CT molecular complexity index is 657. The highest BCUT2D eigenvalue weighted by Crippen LogP contribution is 2.28. The van der Waals surface area contributed by atoms with Crippen LogP contribution in [0.4, 0.5) is 19.3 Å². The lowest BCUT2D eigenvalue weighted by Crippen LogP contribution is -2.53. The average molecular weight is 385 g/mol. The number of benzene rings is 1. The van der Waals surface area contributed by atoms with Crippen LogP contribution in [0.2, 0.25) is 0 Å². The molecule has 0 radical (unpaired) electrons. The summed E-state index contributed by atoms with van der Waals surface area (Å²) in [6.07, 6.45) is 1.13. The van der Waals surface area contributed by atoms with Gasteiger partial charge in [-0.1, -0.05) is 6.42 Å². The van der Waals surface area contributed by atoms with Gasteiger partial charge in [-0.25, -0.2) is 13.6 Å². The van der Waals surface area contributed by atoms with Crippen LogP contribution >= 0.6 is 0 Å². The lowest BCUT2D eigenvalue weighted by molar-refractivity contribution is -0.0205. The van der Waals surface area contributed by atoms with Gasteiger partial charge in [-0.05, 0) is 38.1 Å². The van der Waals surface area contributed by atoms with Crippen molar-refractivity contribution in [3.8, 4) is 0 Å². The van der Waals surface area contributed by atoms with Gasteiger partial charge in [0.15, 0.2) is 0 Å². The molecule has 7 nitrogen and oxygen atoms in total. The molecule has 150 valence electrons. The maximum atomic E-state index is 13.6. The fourth-order valence-corrected chi connectivity index (χ4v) is 3.76. The molecule has 27 heavy (non-hydrogen) atoms. The van der Waals surface area contributed by atoms with Crippen molar-refractivity contribution in [1.82, 2.24) is 10.2 Å². The van der Waals surface area contributed by atoms with Gasteiger partial charge in [-0.3, -0.25) is 4.90 Å². The number of carbonyl (C=O) groups is 1. The number of hydrogen-bond acceptors (Lipinski definition) is 5. The van der Waals surface area contributed by atoms with Gasteiger partial charge < -0.3 is 25.6 Å². The summed E-state index contributed by atoms with van der Waals surface area (Å²) < 4.78 is 32.3. The van der Waals surface area contributed by atoms with Crippen molar-refractivity contribution in [2.24, 2.45) is 0 Å². The molecule has 0 saturated carbocycles. The minimum absolute atomic E-state index is 0.0867. The summed E-state index contributed by atoms with van der Waals surface area (Å²) in [5.74, 6) is -1.60. The first-order valence-corrected chi connectivity index (χ1v) is 9.18. The number of carbonyl (C=O) groups excluding carboxylic acids is 1. The second kappa shape index (κ2) is 8.92. The number of amides is 2. The molecular weight excluding hydrogens is 360 g/mol. The number of urea groups is 1. The lowest BCUT2D eigenvalue weighted by Gasteiger charge is -2.36. The zero-order valence-electron chi connectivity index (χ0n) is 14.9. The number of piperidine rings is 1. The summed E-state index contributed by atoms with van der Waals surface area (Å²) in [6, 6.07) is 1.88. The fourth-order valence-electron chi connectivity index (χ4n) is 3.76. The number of aliphatic hydroxyl groups is 2. The van der Waals surface area contributed by atoms with Crippen LogP contribution in [0.1, 0.15) is 19.3 Å². The summed E-state index contributed by atoms with van der Waals surface area (Å²) in [6.45, 7) is 1.43.